The smallest absolute Gasteiger partial charge is 0.255 e. The Hall–Kier alpha value is -3.16. The van der Waals surface area contributed by atoms with Gasteiger partial charge in [-0.05, 0) is 53.3 Å². The van der Waals surface area contributed by atoms with Crippen molar-refractivity contribution in [3.63, 3.8) is 0 Å². The Morgan fingerprint density at radius 1 is 1.00 bits per heavy atom. The van der Waals surface area contributed by atoms with E-state index in [-0.39, 0.29) is 23.3 Å². The van der Waals surface area contributed by atoms with Crippen molar-refractivity contribution >= 4 is 21.0 Å². The summed E-state index contributed by atoms with van der Waals surface area (Å²) in [4.78, 5) is 15.2. The second-order valence-electron chi connectivity index (χ2n) is 9.13. The lowest BCUT2D eigenvalue weighted by molar-refractivity contribution is 0.559. The highest BCUT2D eigenvalue weighted by Gasteiger charge is 2.23. The Labute approximate surface area is 193 Å². The molecule has 172 valence electrons. The fourth-order valence-electron chi connectivity index (χ4n) is 3.82. The third-order valence-electron chi connectivity index (χ3n) is 5.75. The molecule has 4 rings (SSSR count). The molecule has 0 bridgehead atoms. The van der Waals surface area contributed by atoms with Crippen molar-refractivity contribution in [3.8, 4) is 22.3 Å². The lowest BCUT2D eigenvalue weighted by atomic mass is 9.83. The van der Waals surface area contributed by atoms with Crippen LogP contribution in [0, 0.1) is 0 Å². The molecule has 2 aromatic carbocycles. The van der Waals surface area contributed by atoms with Crippen LogP contribution in [0.3, 0.4) is 0 Å². The van der Waals surface area contributed by atoms with Crippen LogP contribution in [0.2, 0.25) is 0 Å². The summed E-state index contributed by atoms with van der Waals surface area (Å²) in [6.45, 7) is 8.22. The highest BCUT2D eigenvalue weighted by molar-refractivity contribution is 7.89. The molecule has 0 saturated heterocycles. The van der Waals surface area contributed by atoms with Gasteiger partial charge in [-0.1, -0.05) is 45.0 Å². The Bertz CT molecular complexity index is 1460. The second kappa shape index (κ2) is 8.65. The zero-order chi connectivity index (χ0) is 23.8. The van der Waals surface area contributed by atoms with E-state index in [4.69, 9.17) is 4.42 Å². The van der Waals surface area contributed by atoms with E-state index in [1.807, 2.05) is 48.5 Å². The summed E-state index contributed by atoms with van der Waals surface area (Å²) in [5.74, 6) is 0.0504. The molecule has 0 aliphatic heterocycles. The topological polar surface area (TPSA) is 92.2 Å². The van der Waals surface area contributed by atoms with Gasteiger partial charge in [-0.3, -0.25) is 4.79 Å². The van der Waals surface area contributed by atoms with Crippen LogP contribution in [0.15, 0.2) is 70.2 Å². The number of aromatic nitrogens is 1. The molecular formula is C26H28N2O4S. The summed E-state index contributed by atoms with van der Waals surface area (Å²) < 4.78 is 32.0. The number of hydrogen-bond acceptors (Lipinski definition) is 4. The average molecular weight is 465 g/mol. The third-order valence-corrected chi connectivity index (χ3v) is 7.10. The Morgan fingerprint density at radius 3 is 2.36 bits per heavy atom. The number of furan rings is 1. The number of pyridine rings is 1. The molecule has 0 aliphatic rings. The van der Waals surface area contributed by atoms with Crippen molar-refractivity contribution < 1.29 is 12.8 Å². The first-order chi connectivity index (χ1) is 15.6. The first-order valence-corrected chi connectivity index (χ1v) is 12.5. The number of hydrogen-bond donors (Lipinski definition) is 2. The van der Waals surface area contributed by atoms with Crippen molar-refractivity contribution in [2.75, 3.05) is 5.75 Å². The fraction of sp³-hybridized carbons (Fsp3) is 0.269. The van der Waals surface area contributed by atoms with Crippen molar-refractivity contribution in [1.82, 2.24) is 9.71 Å². The predicted octanol–water partition coefficient (Wildman–Crippen LogP) is 5.19. The third kappa shape index (κ3) is 4.79. The monoisotopic (exact) mass is 464 g/mol. The summed E-state index contributed by atoms with van der Waals surface area (Å²) in [6, 6.07) is 15.4. The maximum atomic E-state index is 12.5. The first kappa shape index (κ1) is 23.0. The number of sulfonamides is 1. The highest BCUT2D eigenvalue weighted by Crippen LogP contribution is 2.39. The normalized spacial score (nSPS) is 12.4. The molecule has 2 heterocycles. The minimum Gasteiger partial charge on any atom is -0.463 e. The van der Waals surface area contributed by atoms with Crippen LogP contribution in [0.5, 0.6) is 0 Å². The number of benzene rings is 2. The molecule has 0 radical (unpaired) electrons. The molecule has 0 atom stereocenters. The van der Waals surface area contributed by atoms with Crippen LogP contribution in [-0.2, 0) is 22.0 Å². The van der Waals surface area contributed by atoms with Crippen LogP contribution >= 0.6 is 0 Å². The number of aromatic amines is 1. The summed E-state index contributed by atoms with van der Waals surface area (Å²) in [5, 5.41) is 0.931. The van der Waals surface area contributed by atoms with Crippen LogP contribution in [-0.4, -0.2) is 19.2 Å². The first-order valence-electron chi connectivity index (χ1n) is 10.9. The molecule has 0 amide bonds. The molecule has 0 aliphatic carbocycles. The van der Waals surface area contributed by atoms with Gasteiger partial charge in [0.1, 0.15) is 5.58 Å². The van der Waals surface area contributed by atoms with Gasteiger partial charge in [-0.25, -0.2) is 13.1 Å². The number of H-pyrrole nitrogens is 1. The van der Waals surface area contributed by atoms with Gasteiger partial charge in [0.15, 0.2) is 0 Å². The Kier molecular flexibility index (Phi) is 6.03. The number of fused-ring (bicyclic) bond motifs is 1. The molecule has 0 spiro atoms. The van der Waals surface area contributed by atoms with Gasteiger partial charge in [0.05, 0.1) is 12.0 Å². The molecular weight excluding hydrogens is 436 g/mol. The number of nitrogens with one attached hydrogen (secondary N) is 2. The highest BCUT2D eigenvalue weighted by atomic mass is 32.2. The summed E-state index contributed by atoms with van der Waals surface area (Å²) in [5.41, 5.74) is 5.68. The molecule has 2 aromatic heterocycles. The van der Waals surface area contributed by atoms with Gasteiger partial charge in [0.25, 0.3) is 5.56 Å². The van der Waals surface area contributed by atoms with Crippen LogP contribution in [0.1, 0.15) is 38.8 Å². The maximum Gasteiger partial charge on any atom is 0.255 e. The van der Waals surface area contributed by atoms with Gasteiger partial charge in [0, 0.05) is 34.8 Å². The van der Waals surface area contributed by atoms with Crippen molar-refractivity contribution in [2.24, 2.45) is 0 Å². The predicted molar refractivity (Wildman–Crippen MR) is 133 cm³/mol. The lowest BCUT2D eigenvalue weighted by Gasteiger charge is -2.20. The second-order valence-corrected chi connectivity index (χ2v) is 11.2. The fourth-order valence-corrected chi connectivity index (χ4v) is 4.41. The largest absolute Gasteiger partial charge is 0.463 e. The molecule has 0 unspecified atom stereocenters. The number of rotatable bonds is 6. The lowest BCUT2D eigenvalue weighted by Crippen LogP contribution is -2.24. The van der Waals surface area contributed by atoms with E-state index < -0.39 is 10.0 Å². The summed E-state index contributed by atoms with van der Waals surface area (Å²) in [6.07, 6.45) is 3.37. The molecule has 7 heteroatoms. The minimum atomic E-state index is -3.25. The van der Waals surface area contributed by atoms with E-state index in [1.54, 1.807) is 19.4 Å². The van der Waals surface area contributed by atoms with E-state index in [9.17, 15) is 13.2 Å². The molecule has 33 heavy (non-hydrogen) atoms. The van der Waals surface area contributed by atoms with Crippen molar-refractivity contribution in [2.45, 2.75) is 39.7 Å². The van der Waals surface area contributed by atoms with E-state index in [0.717, 1.165) is 38.8 Å². The van der Waals surface area contributed by atoms with Gasteiger partial charge >= 0.3 is 0 Å². The van der Waals surface area contributed by atoms with E-state index in [1.165, 1.54) is 0 Å². The molecule has 0 fully saturated rings. The summed E-state index contributed by atoms with van der Waals surface area (Å²) >= 11 is 0. The SMILES string of the molecule is CCS(=O)(=O)NCc1ccc(-c2coc3c(C(C)(C)C)cc(-c4ccc[nH]c4=O)cc23)cc1. The van der Waals surface area contributed by atoms with Crippen LogP contribution < -0.4 is 10.3 Å². The molecule has 0 saturated carbocycles. The van der Waals surface area contributed by atoms with E-state index >= 15 is 0 Å². The van der Waals surface area contributed by atoms with Crippen LogP contribution in [0.4, 0.5) is 0 Å². The Balaban J connectivity index is 1.80. The standard InChI is InChI=1S/C26H28N2O4S/c1-5-33(30,31)28-15-17-8-10-18(11-9-17)22-16-32-24-21(22)13-19(14-23(24)26(2,3)4)20-7-6-12-27-25(20)29/h6-14,16,28H,5,15H2,1-4H3,(H,27,29). The average Bonchev–Trinajstić information content (AvgIpc) is 3.21. The maximum absolute atomic E-state index is 12.5. The van der Waals surface area contributed by atoms with Crippen molar-refractivity contribution in [3.05, 3.63) is 82.5 Å². The minimum absolute atomic E-state index is 0.0504. The van der Waals surface area contributed by atoms with E-state index in [0.29, 0.717) is 5.56 Å². The van der Waals surface area contributed by atoms with Gasteiger partial charge < -0.3 is 9.40 Å². The van der Waals surface area contributed by atoms with Crippen molar-refractivity contribution in [1.29, 1.82) is 0 Å². The quantitative estimate of drug-likeness (QED) is 0.411. The van der Waals surface area contributed by atoms with Gasteiger partial charge in [-0.15, -0.1) is 0 Å². The van der Waals surface area contributed by atoms with E-state index in [2.05, 4.69) is 30.5 Å². The Morgan fingerprint density at radius 2 is 1.73 bits per heavy atom. The zero-order valence-electron chi connectivity index (χ0n) is 19.2. The molecule has 4 aromatic rings. The molecule has 6 nitrogen and oxygen atoms in total. The molecule has 2 N–H and O–H groups in total. The van der Waals surface area contributed by atoms with Gasteiger partial charge in [-0.2, -0.15) is 0 Å². The van der Waals surface area contributed by atoms with Gasteiger partial charge in [0.2, 0.25) is 10.0 Å². The van der Waals surface area contributed by atoms with Crippen LogP contribution in [0.25, 0.3) is 33.2 Å². The zero-order valence-corrected chi connectivity index (χ0v) is 20.0. The summed E-state index contributed by atoms with van der Waals surface area (Å²) in [7, 11) is -3.25.